The molecular formula is C10H17N3S. The molecule has 1 aliphatic carbocycles. The molecule has 1 aromatic rings. The Hall–Kier alpha value is -0.480. The normalized spacial score (nSPS) is 17.4. The Morgan fingerprint density at radius 1 is 1.36 bits per heavy atom. The molecule has 0 radical (unpaired) electrons. The summed E-state index contributed by atoms with van der Waals surface area (Å²) in [5, 5.41) is 14.1. The number of nitrogens with one attached hydrogen (secondary N) is 1. The van der Waals surface area contributed by atoms with E-state index in [-0.39, 0.29) is 5.41 Å². The van der Waals surface area contributed by atoms with E-state index in [2.05, 4.69) is 36.3 Å². The molecule has 0 spiro atoms. The minimum absolute atomic E-state index is 0.134. The maximum absolute atomic E-state index is 4.21. The Bertz CT molecular complexity index is 309. The van der Waals surface area contributed by atoms with Gasteiger partial charge >= 0.3 is 0 Å². The van der Waals surface area contributed by atoms with Gasteiger partial charge in [0.05, 0.1) is 0 Å². The molecule has 2 rings (SSSR count). The van der Waals surface area contributed by atoms with E-state index in [1.54, 1.807) is 11.3 Å². The van der Waals surface area contributed by atoms with E-state index in [1.807, 2.05) is 0 Å². The number of hydrogen-bond donors (Lipinski definition) is 1. The molecule has 0 bridgehead atoms. The minimum Gasteiger partial charge on any atom is -0.308 e. The summed E-state index contributed by atoms with van der Waals surface area (Å²) in [5.74, 6) is 0. The number of hydrogen-bond acceptors (Lipinski definition) is 4. The van der Waals surface area contributed by atoms with Crippen LogP contribution in [0.4, 0.5) is 0 Å². The zero-order valence-electron chi connectivity index (χ0n) is 9.00. The van der Waals surface area contributed by atoms with Gasteiger partial charge in [-0.15, -0.1) is 10.2 Å². The van der Waals surface area contributed by atoms with Crippen molar-refractivity contribution in [3.05, 3.63) is 10.0 Å². The van der Waals surface area contributed by atoms with Crippen LogP contribution in [0.25, 0.3) is 0 Å². The van der Waals surface area contributed by atoms with Gasteiger partial charge in [-0.2, -0.15) is 0 Å². The molecule has 1 fully saturated rings. The van der Waals surface area contributed by atoms with Gasteiger partial charge in [-0.3, -0.25) is 0 Å². The van der Waals surface area contributed by atoms with E-state index in [1.165, 1.54) is 12.8 Å². The lowest BCUT2D eigenvalue weighted by Gasteiger charge is -2.12. The molecule has 1 saturated carbocycles. The summed E-state index contributed by atoms with van der Waals surface area (Å²) in [6.45, 7) is 7.40. The molecule has 1 aromatic heterocycles. The standard InChI is InChI=1S/C10H17N3S/c1-10(2,3)9-13-12-8(14-9)6-11-7-4-5-7/h7,11H,4-6H2,1-3H3. The monoisotopic (exact) mass is 211 g/mol. The van der Waals surface area contributed by atoms with Crippen LogP contribution in [0.2, 0.25) is 0 Å². The second-order valence-electron chi connectivity index (χ2n) is 4.91. The molecule has 0 unspecified atom stereocenters. The van der Waals surface area contributed by atoms with E-state index >= 15 is 0 Å². The predicted molar refractivity (Wildman–Crippen MR) is 58.5 cm³/mol. The third-order valence-electron chi connectivity index (χ3n) is 2.23. The quantitative estimate of drug-likeness (QED) is 0.832. The van der Waals surface area contributed by atoms with E-state index in [4.69, 9.17) is 0 Å². The largest absolute Gasteiger partial charge is 0.308 e. The van der Waals surface area contributed by atoms with Gasteiger partial charge in [-0.25, -0.2) is 0 Å². The van der Waals surface area contributed by atoms with Gasteiger partial charge < -0.3 is 5.32 Å². The molecule has 0 saturated heterocycles. The van der Waals surface area contributed by atoms with E-state index < -0.39 is 0 Å². The molecule has 1 heterocycles. The fraction of sp³-hybridized carbons (Fsp3) is 0.800. The molecule has 78 valence electrons. The highest BCUT2D eigenvalue weighted by Gasteiger charge is 2.22. The number of nitrogens with zero attached hydrogens (tertiary/aromatic N) is 2. The van der Waals surface area contributed by atoms with Crippen molar-refractivity contribution in [2.45, 2.75) is 51.6 Å². The van der Waals surface area contributed by atoms with Crippen LogP contribution in [-0.4, -0.2) is 16.2 Å². The first-order valence-corrected chi connectivity index (χ1v) is 5.93. The Labute approximate surface area is 88.9 Å². The molecule has 0 aromatic carbocycles. The first-order chi connectivity index (χ1) is 6.55. The van der Waals surface area contributed by atoms with Crippen molar-refractivity contribution in [2.75, 3.05) is 0 Å². The minimum atomic E-state index is 0.134. The summed E-state index contributed by atoms with van der Waals surface area (Å²) in [6.07, 6.45) is 2.65. The summed E-state index contributed by atoms with van der Waals surface area (Å²) < 4.78 is 0. The maximum atomic E-state index is 4.21. The van der Waals surface area contributed by atoms with Gasteiger partial charge in [0.1, 0.15) is 10.0 Å². The molecule has 0 amide bonds. The van der Waals surface area contributed by atoms with Crippen LogP contribution in [0.3, 0.4) is 0 Å². The summed E-state index contributed by atoms with van der Waals surface area (Å²) in [5.41, 5.74) is 0.134. The second-order valence-corrected chi connectivity index (χ2v) is 5.97. The van der Waals surface area contributed by atoms with E-state index in [0.29, 0.717) is 0 Å². The van der Waals surface area contributed by atoms with Crippen LogP contribution < -0.4 is 5.32 Å². The van der Waals surface area contributed by atoms with Crippen molar-refractivity contribution in [1.82, 2.24) is 15.5 Å². The van der Waals surface area contributed by atoms with Crippen LogP contribution in [0, 0.1) is 0 Å². The average Bonchev–Trinajstić information content (AvgIpc) is 2.77. The molecule has 14 heavy (non-hydrogen) atoms. The van der Waals surface area contributed by atoms with E-state index in [0.717, 1.165) is 22.6 Å². The lowest BCUT2D eigenvalue weighted by atomic mass is 9.98. The number of aromatic nitrogens is 2. The summed E-state index contributed by atoms with van der Waals surface area (Å²) in [4.78, 5) is 0. The van der Waals surface area contributed by atoms with Gasteiger partial charge in [0, 0.05) is 18.0 Å². The van der Waals surface area contributed by atoms with Crippen molar-refractivity contribution in [3.63, 3.8) is 0 Å². The van der Waals surface area contributed by atoms with Gasteiger partial charge in [0.15, 0.2) is 0 Å². The molecule has 3 nitrogen and oxygen atoms in total. The topological polar surface area (TPSA) is 37.8 Å². The van der Waals surface area contributed by atoms with Crippen LogP contribution >= 0.6 is 11.3 Å². The van der Waals surface area contributed by atoms with Crippen molar-refractivity contribution in [2.24, 2.45) is 0 Å². The molecule has 1 N–H and O–H groups in total. The van der Waals surface area contributed by atoms with Crippen molar-refractivity contribution >= 4 is 11.3 Å². The summed E-state index contributed by atoms with van der Waals surface area (Å²) in [6, 6.07) is 0.747. The lowest BCUT2D eigenvalue weighted by Crippen LogP contribution is -2.14. The van der Waals surface area contributed by atoms with Gasteiger partial charge in [-0.1, -0.05) is 32.1 Å². The molecule has 1 aliphatic rings. The fourth-order valence-electron chi connectivity index (χ4n) is 1.15. The SMILES string of the molecule is CC(C)(C)c1nnc(CNC2CC2)s1. The van der Waals surface area contributed by atoms with Crippen LogP contribution in [0.1, 0.15) is 43.6 Å². The number of rotatable bonds is 3. The Balaban J connectivity index is 1.94. The summed E-state index contributed by atoms with van der Waals surface area (Å²) in [7, 11) is 0. The lowest BCUT2D eigenvalue weighted by molar-refractivity contribution is 0.577. The zero-order chi connectivity index (χ0) is 10.2. The van der Waals surface area contributed by atoms with E-state index in [9.17, 15) is 0 Å². The molecular weight excluding hydrogens is 194 g/mol. The van der Waals surface area contributed by atoms with Crippen molar-refractivity contribution in [3.8, 4) is 0 Å². The third kappa shape index (κ3) is 2.51. The third-order valence-corrected chi connectivity index (χ3v) is 3.58. The Morgan fingerprint density at radius 3 is 2.57 bits per heavy atom. The predicted octanol–water partition coefficient (Wildman–Crippen LogP) is 2.09. The smallest absolute Gasteiger partial charge is 0.131 e. The first kappa shape index (κ1) is 10.1. The Morgan fingerprint density at radius 2 is 2.07 bits per heavy atom. The van der Waals surface area contributed by atoms with Crippen molar-refractivity contribution in [1.29, 1.82) is 0 Å². The molecule has 0 atom stereocenters. The maximum Gasteiger partial charge on any atom is 0.131 e. The van der Waals surface area contributed by atoms with Gasteiger partial charge in [-0.05, 0) is 12.8 Å². The van der Waals surface area contributed by atoms with Crippen LogP contribution in [-0.2, 0) is 12.0 Å². The van der Waals surface area contributed by atoms with Crippen LogP contribution in [0.5, 0.6) is 0 Å². The second kappa shape index (κ2) is 3.59. The van der Waals surface area contributed by atoms with Gasteiger partial charge in [0.2, 0.25) is 0 Å². The summed E-state index contributed by atoms with van der Waals surface area (Å²) >= 11 is 1.72. The fourth-order valence-corrected chi connectivity index (χ4v) is 2.00. The highest BCUT2D eigenvalue weighted by atomic mass is 32.1. The highest BCUT2D eigenvalue weighted by molar-refractivity contribution is 7.11. The molecule has 4 heteroatoms. The molecule has 0 aliphatic heterocycles. The first-order valence-electron chi connectivity index (χ1n) is 5.12. The van der Waals surface area contributed by atoms with Crippen molar-refractivity contribution < 1.29 is 0 Å². The Kier molecular flexibility index (Phi) is 2.58. The van der Waals surface area contributed by atoms with Gasteiger partial charge in [0.25, 0.3) is 0 Å². The highest BCUT2D eigenvalue weighted by Crippen LogP contribution is 2.26. The zero-order valence-corrected chi connectivity index (χ0v) is 9.82. The average molecular weight is 211 g/mol. The van der Waals surface area contributed by atoms with Crippen LogP contribution in [0.15, 0.2) is 0 Å².